The Bertz CT molecular complexity index is 276. The third-order valence-corrected chi connectivity index (χ3v) is 4.29. The van der Waals surface area contributed by atoms with Crippen molar-refractivity contribution < 1.29 is 4.79 Å². The average molecular weight is 253 g/mol. The van der Waals surface area contributed by atoms with Crippen molar-refractivity contribution in [2.75, 3.05) is 39.8 Å². The largest absolute Gasteiger partial charge is 0.341 e. The molecule has 4 heteroatoms. The number of carbonyl (C=O) groups is 1. The van der Waals surface area contributed by atoms with Crippen LogP contribution in [0.25, 0.3) is 0 Å². The van der Waals surface area contributed by atoms with Crippen LogP contribution < -0.4 is 5.32 Å². The predicted molar refractivity (Wildman–Crippen MR) is 73.5 cm³/mol. The van der Waals surface area contributed by atoms with Crippen molar-refractivity contribution >= 4 is 5.91 Å². The number of rotatable bonds is 4. The molecule has 2 aliphatic heterocycles. The van der Waals surface area contributed by atoms with Gasteiger partial charge in [-0.2, -0.15) is 0 Å². The van der Waals surface area contributed by atoms with Gasteiger partial charge in [0.25, 0.3) is 0 Å². The third kappa shape index (κ3) is 3.45. The van der Waals surface area contributed by atoms with E-state index < -0.39 is 0 Å². The van der Waals surface area contributed by atoms with Crippen molar-refractivity contribution in [3.63, 3.8) is 0 Å². The molecule has 1 N–H and O–H groups in total. The predicted octanol–water partition coefficient (Wildman–Crippen LogP) is 0.929. The number of piperidine rings is 1. The molecule has 0 aromatic rings. The number of nitrogens with one attached hydrogen (secondary N) is 1. The molecule has 2 unspecified atom stereocenters. The summed E-state index contributed by atoms with van der Waals surface area (Å²) in [6.07, 6.45) is 4.83. The van der Waals surface area contributed by atoms with Gasteiger partial charge in [0.15, 0.2) is 0 Å². The van der Waals surface area contributed by atoms with Crippen LogP contribution in [0.5, 0.6) is 0 Å². The van der Waals surface area contributed by atoms with Crippen molar-refractivity contribution in [3.8, 4) is 0 Å². The molecule has 0 aromatic carbocycles. The van der Waals surface area contributed by atoms with E-state index in [9.17, 15) is 4.79 Å². The quantitative estimate of drug-likeness (QED) is 0.809. The van der Waals surface area contributed by atoms with Crippen LogP contribution in [0.2, 0.25) is 0 Å². The molecule has 0 aliphatic carbocycles. The Morgan fingerprint density at radius 1 is 1.39 bits per heavy atom. The molecule has 4 nitrogen and oxygen atoms in total. The normalized spacial score (nSPS) is 29.4. The topological polar surface area (TPSA) is 35.6 Å². The summed E-state index contributed by atoms with van der Waals surface area (Å²) in [5.41, 5.74) is 0. The van der Waals surface area contributed by atoms with E-state index in [0.29, 0.717) is 11.9 Å². The summed E-state index contributed by atoms with van der Waals surface area (Å²) in [5.74, 6) is 0.604. The summed E-state index contributed by atoms with van der Waals surface area (Å²) < 4.78 is 0. The Morgan fingerprint density at radius 3 is 2.78 bits per heavy atom. The number of likely N-dealkylation sites (N-methyl/N-ethyl adjacent to an activating group) is 1. The summed E-state index contributed by atoms with van der Waals surface area (Å²) in [7, 11) is 2.10. The molecular formula is C14H27N3O. The lowest BCUT2D eigenvalue weighted by Crippen LogP contribution is -2.47. The van der Waals surface area contributed by atoms with Gasteiger partial charge in [0.1, 0.15) is 0 Å². The second kappa shape index (κ2) is 6.53. The Balaban J connectivity index is 1.85. The molecule has 1 amide bonds. The second-order valence-electron chi connectivity index (χ2n) is 5.77. The Labute approximate surface area is 111 Å². The molecule has 2 heterocycles. The van der Waals surface area contributed by atoms with Gasteiger partial charge in [-0.05, 0) is 46.3 Å². The van der Waals surface area contributed by atoms with E-state index in [2.05, 4.69) is 29.1 Å². The summed E-state index contributed by atoms with van der Waals surface area (Å²) in [4.78, 5) is 16.8. The SMILES string of the molecule is CCN(CC1CCCCN1)C(=O)C1CCN(C)C1. The van der Waals surface area contributed by atoms with Crippen LogP contribution in [0.15, 0.2) is 0 Å². The Morgan fingerprint density at radius 2 is 2.22 bits per heavy atom. The van der Waals surface area contributed by atoms with E-state index >= 15 is 0 Å². The maximum Gasteiger partial charge on any atom is 0.227 e. The fraction of sp³-hybridized carbons (Fsp3) is 0.929. The van der Waals surface area contributed by atoms with Crippen LogP contribution in [0.4, 0.5) is 0 Å². The van der Waals surface area contributed by atoms with Crippen LogP contribution >= 0.6 is 0 Å². The minimum atomic E-state index is 0.235. The fourth-order valence-electron chi connectivity index (χ4n) is 3.12. The van der Waals surface area contributed by atoms with E-state index in [-0.39, 0.29) is 5.92 Å². The van der Waals surface area contributed by atoms with Gasteiger partial charge in [-0.3, -0.25) is 4.79 Å². The molecular weight excluding hydrogens is 226 g/mol. The van der Waals surface area contributed by atoms with Crippen molar-refractivity contribution in [2.24, 2.45) is 5.92 Å². The molecule has 2 fully saturated rings. The van der Waals surface area contributed by atoms with Gasteiger partial charge in [-0.15, -0.1) is 0 Å². The summed E-state index contributed by atoms with van der Waals surface area (Å²) in [6.45, 7) is 6.96. The zero-order valence-corrected chi connectivity index (χ0v) is 11.8. The van der Waals surface area contributed by atoms with E-state index in [4.69, 9.17) is 0 Å². The first-order chi connectivity index (χ1) is 8.70. The van der Waals surface area contributed by atoms with Gasteiger partial charge < -0.3 is 15.1 Å². The van der Waals surface area contributed by atoms with Crippen molar-refractivity contribution in [3.05, 3.63) is 0 Å². The molecule has 0 saturated carbocycles. The molecule has 2 saturated heterocycles. The minimum Gasteiger partial charge on any atom is -0.341 e. The number of hydrogen-bond donors (Lipinski definition) is 1. The Hall–Kier alpha value is -0.610. The highest BCUT2D eigenvalue weighted by Crippen LogP contribution is 2.18. The first kappa shape index (κ1) is 13.8. The van der Waals surface area contributed by atoms with Crippen LogP contribution in [-0.2, 0) is 4.79 Å². The van der Waals surface area contributed by atoms with Gasteiger partial charge in [-0.1, -0.05) is 6.42 Å². The summed E-state index contributed by atoms with van der Waals surface area (Å²) in [6, 6.07) is 0.516. The monoisotopic (exact) mass is 253 g/mol. The smallest absolute Gasteiger partial charge is 0.227 e. The molecule has 0 spiro atoms. The fourth-order valence-corrected chi connectivity index (χ4v) is 3.12. The highest BCUT2D eigenvalue weighted by Gasteiger charge is 2.30. The highest BCUT2D eigenvalue weighted by atomic mass is 16.2. The Kier molecular flexibility index (Phi) is 5.01. The summed E-state index contributed by atoms with van der Waals surface area (Å²) >= 11 is 0. The average Bonchev–Trinajstić information content (AvgIpc) is 2.83. The first-order valence-electron chi connectivity index (χ1n) is 7.41. The molecule has 2 atom stereocenters. The van der Waals surface area contributed by atoms with Crippen LogP contribution in [0.3, 0.4) is 0 Å². The number of amides is 1. The van der Waals surface area contributed by atoms with E-state index in [0.717, 1.165) is 39.1 Å². The van der Waals surface area contributed by atoms with E-state index in [1.807, 2.05) is 0 Å². The first-order valence-corrected chi connectivity index (χ1v) is 7.41. The number of hydrogen-bond acceptors (Lipinski definition) is 3. The molecule has 2 rings (SSSR count). The van der Waals surface area contributed by atoms with E-state index in [1.54, 1.807) is 0 Å². The lowest BCUT2D eigenvalue weighted by molar-refractivity contribution is -0.135. The van der Waals surface area contributed by atoms with E-state index in [1.165, 1.54) is 19.3 Å². The summed E-state index contributed by atoms with van der Waals surface area (Å²) in [5, 5.41) is 3.53. The van der Waals surface area contributed by atoms with Crippen molar-refractivity contribution in [2.45, 2.75) is 38.6 Å². The number of likely N-dealkylation sites (tertiary alicyclic amines) is 1. The molecule has 104 valence electrons. The molecule has 2 aliphatic rings. The van der Waals surface area contributed by atoms with Gasteiger partial charge >= 0.3 is 0 Å². The zero-order chi connectivity index (χ0) is 13.0. The number of carbonyl (C=O) groups excluding carboxylic acids is 1. The van der Waals surface area contributed by atoms with Gasteiger partial charge in [0.2, 0.25) is 5.91 Å². The molecule has 0 aromatic heterocycles. The zero-order valence-electron chi connectivity index (χ0n) is 11.8. The van der Waals surface area contributed by atoms with Gasteiger partial charge in [0, 0.05) is 25.7 Å². The minimum absolute atomic E-state index is 0.235. The van der Waals surface area contributed by atoms with Gasteiger partial charge in [-0.25, -0.2) is 0 Å². The highest BCUT2D eigenvalue weighted by molar-refractivity contribution is 5.79. The maximum absolute atomic E-state index is 12.5. The van der Waals surface area contributed by atoms with Crippen LogP contribution in [-0.4, -0.2) is 61.5 Å². The third-order valence-electron chi connectivity index (χ3n) is 4.29. The van der Waals surface area contributed by atoms with Crippen molar-refractivity contribution in [1.82, 2.24) is 15.1 Å². The van der Waals surface area contributed by atoms with Gasteiger partial charge in [0.05, 0.1) is 5.92 Å². The number of nitrogens with zero attached hydrogens (tertiary/aromatic N) is 2. The standard InChI is InChI=1S/C14H27N3O/c1-3-17(11-13-6-4-5-8-15-13)14(18)12-7-9-16(2)10-12/h12-13,15H,3-11H2,1-2H3. The second-order valence-corrected chi connectivity index (χ2v) is 5.77. The lowest BCUT2D eigenvalue weighted by Gasteiger charge is -2.31. The maximum atomic E-state index is 12.5. The van der Waals surface area contributed by atoms with Crippen LogP contribution in [0, 0.1) is 5.92 Å². The van der Waals surface area contributed by atoms with Crippen molar-refractivity contribution in [1.29, 1.82) is 0 Å². The van der Waals surface area contributed by atoms with Crippen LogP contribution in [0.1, 0.15) is 32.6 Å². The molecule has 0 radical (unpaired) electrons. The molecule has 0 bridgehead atoms. The lowest BCUT2D eigenvalue weighted by atomic mass is 10.0. The molecule has 18 heavy (non-hydrogen) atoms.